The number of methoxy groups -OCH3 is 2. The van der Waals surface area contributed by atoms with Crippen molar-refractivity contribution < 1.29 is 28.2 Å². The molecule has 3 aromatic rings. The van der Waals surface area contributed by atoms with Gasteiger partial charge in [-0.05, 0) is 66.3 Å². The molecule has 0 aliphatic heterocycles. The normalized spacial score (nSPS) is 14.3. The van der Waals surface area contributed by atoms with Crippen LogP contribution in [0.5, 0.6) is 11.5 Å². The maximum atomic E-state index is 14.1. The monoisotopic (exact) mass is 555 g/mol. The highest BCUT2D eigenvalue weighted by molar-refractivity contribution is 7.09. The predicted molar refractivity (Wildman–Crippen MR) is 146 cm³/mol. The Morgan fingerprint density at radius 2 is 1.72 bits per heavy atom. The van der Waals surface area contributed by atoms with Gasteiger partial charge >= 0.3 is 0 Å². The third-order valence-electron chi connectivity index (χ3n) is 6.66. The summed E-state index contributed by atoms with van der Waals surface area (Å²) in [6, 6.07) is 8.77. The molecule has 0 radical (unpaired) electrons. The summed E-state index contributed by atoms with van der Waals surface area (Å²) in [6.07, 6.45) is 4.70. The number of benzene rings is 2. The highest BCUT2D eigenvalue weighted by Gasteiger charge is 2.37. The molecule has 1 aromatic heterocycles. The van der Waals surface area contributed by atoms with E-state index in [1.54, 1.807) is 18.2 Å². The molecule has 1 fully saturated rings. The first-order valence-electron chi connectivity index (χ1n) is 12.4. The number of amides is 3. The van der Waals surface area contributed by atoms with Crippen LogP contribution in [0.25, 0.3) is 0 Å². The maximum absolute atomic E-state index is 14.1. The van der Waals surface area contributed by atoms with E-state index >= 15 is 0 Å². The molecule has 0 saturated heterocycles. The lowest BCUT2D eigenvalue weighted by atomic mass is 9.94. The summed E-state index contributed by atoms with van der Waals surface area (Å²) < 4.78 is 28.7. The molecular formula is C27H30FN5O5S. The van der Waals surface area contributed by atoms with Gasteiger partial charge in [0, 0.05) is 11.7 Å². The molecule has 1 saturated carbocycles. The lowest BCUT2D eigenvalue weighted by Crippen LogP contribution is -2.47. The summed E-state index contributed by atoms with van der Waals surface area (Å²) in [5.41, 5.74) is 11.7. The van der Waals surface area contributed by atoms with Gasteiger partial charge in [-0.25, -0.2) is 4.39 Å². The van der Waals surface area contributed by atoms with E-state index in [1.807, 2.05) is 0 Å². The first kappa shape index (κ1) is 27.8. The zero-order valence-corrected chi connectivity index (χ0v) is 22.4. The van der Waals surface area contributed by atoms with Crippen LogP contribution in [-0.4, -0.2) is 42.4 Å². The van der Waals surface area contributed by atoms with Crippen molar-refractivity contribution in [3.8, 4) is 11.5 Å². The summed E-state index contributed by atoms with van der Waals surface area (Å²) in [5, 5.41) is 3.09. The Morgan fingerprint density at radius 1 is 1.05 bits per heavy atom. The van der Waals surface area contributed by atoms with Crippen molar-refractivity contribution >= 4 is 40.6 Å². The number of nitrogens with one attached hydrogen (secondary N) is 1. The number of primary amides is 1. The minimum absolute atomic E-state index is 0.0611. The summed E-state index contributed by atoms with van der Waals surface area (Å²) in [5.74, 6) is -1.76. The molecular weight excluding hydrogens is 525 g/mol. The van der Waals surface area contributed by atoms with Crippen LogP contribution in [0.4, 0.5) is 15.8 Å². The number of halogens is 1. The standard InChI is InChI=1S/C27H30FN5O5S/c1-37-19-13-8-15(14-20(19)38-2)23(26(35)31-17-6-4-3-5-7-17)33(18-11-9-16(28)10-12-18)27(36)24-21(29)22(25(30)34)32-39-24/h8-14,17,23H,3-7,29H2,1-2H3,(H2,30,34)(H,31,35)/t23-/m0/s1. The second-order valence-electron chi connectivity index (χ2n) is 9.15. The summed E-state index contributed by atoms with van der Waals surface area (Å²) in [7, 11) is 2.95. The second-order valence-corrected chi connectivity index (χ2v) is 9.92. The fourth-order valence-corrected chi connectivity index (χ4v) is 5.43. The van der Waals surface area contributed by atoms with E-state index < -0.39 is 29.6 Å². The Hall–Kier alpha value is -4.19. The van der Waals surface area contributed by atoms with Gasteiger partial charge < -0.3 is 26.3 Å². The number of carbonyl (C=O) groups excluding carboxylic acids is 3. The Balaban J connectivity index is 1.88. The Morgan fingerprint density at radius 3 is 2.31 bits per heavy atom. The minimum Gasteiger partial charge on any atom is -0.493 e. The van der Waals surface area contributed by atoms with Gasteiger partial charge in [0.05, 0.1) is 19.9 Å². The van der Waals surface area contributed by atoms with Crippen molar-refractivity contribution in [1.29, 1.82) is 0 Å². The second kappa shape index (κ2) is 12.1. The summed E-state index contributed by atoms with van der Waals surface area (Å²) in [4.78, 5) is 41.0. The Kier molecular flexibility index (Phi) is 8.65. The molecule has 1 atom stereocenters. The number of rotatable bonds is 9. The van der Waals surface area contributed by atoms with Gasteiger partial charge in [-0.1, -0.05) is 25.3 Å². The van der Waals surface area contributed by atoms with Crippen LogP contribution in [0.1, 0.15) is 63.9 Å². The third-order valence-corrected chi connectivity index (χ3v) is 7.51. The van der Waals surface area contributed by atoms with Gasteiger partial charge in [0.2, 0.25) is 5.91 Å². The number of nitrogen functional groups attached to an aromatic ring is 1. The number of nitrogens with two attached hydrogens (primary N) is 2. The van der Waals surface area contributed by atoms with E-state index in [0.29, 0.717) is 28.6 Å². The van der Waals surface area contributed by atoms with Gasteiger partial charge in [0.25, 0.3) is 11.8 Å². The predicted octanol–water partition coefficient (Wildman–Crippen LogP) is 3.82. The zero-order valence-electron chi connectivity index (χ0n) is 21.6. The number of aromatic nitrogens is 1. The van der Waals surface area contributed by atoms with Crippen molar-refractivity contribution in [3.05, 3.63) is 64.4 Å². The van der Waals surface area contributed by atoms with Crippen molar-refractivity contribution in [2.75, 3.05) is 24.9 Å². The molecule has 0 bridgehead atoms. The van der Waals surface area contributed by atoms with E-state index in [4.69, 9.17) is 20.9 Å². The molecule has 4 rings (SSSR count). The highest BCUT2D eigenvalue weighted by Crippen LogP contribution is 2.37. The van der Waals surface area contributed by atoms with Crippen molar-refractivity contribution in [2.45, 2.75) is 44.2 Å². The molecule has 39 heavy (non-hydrogen) atoms. The van der Waals surface area contributed by atoms with Crippen molar-refractivity contribution in [3.63, 3.8) is 0 Å². The first-order chi connectivity index (χ1) is 18.7. The molecule has 12 heteroatoms. The largest absolute Gasteiger partial charge is 0.493 e. The van der Waals surface area contributed by atoms with E-state index in [0.717, 1.165) is 32.1 Å². The van der Waals surface area contributed by atoms with Crippen LogP contribution in [0.15, 0.2) is 42.5 Å². The Labute approximate surface area is 229 Å². The van der Waals surface area contributed by atoms with Crippen LogP contribution in [0, 0.1) is 5.82 Å². The topological polar surface area (TPSA) is 150 Å². The SMILES string of the molecule is COc1ccc([C@@H](C(=O)NC2CCCCC2)N(C(=O)c2snc(C(N)=O)c2N)c2ccc(F)cc2)cc1OC. The van der Waals surface area contributed by atoms with E-state index in [1.165, 1.54) is 43.4 Å². The molecule has 5 N–H and O–H groups in total. The number of hydrogen-bond acceptors (Lipinski definition) is 8. The number of anilines is 2. The van der Waals surface area contributed by atoms with Gasteiger partial charge in [-0.3, -0.25) is 19.3 Å². The summed E-state index contributed by atoms with van der Waals surface area (Å²) >= 11 is 0.695. The van der Waals surface area contributed by atoms with E-state index in [-0.39, 0.29) is 28.0 Å². The molecule has 0 unspecified atom stereocenters. The molecule has 3 amide bonds. The number of nitrogens with zero attached hydrogens (tertiary/aromatic N) is 2. The average molecular weight is 556 g/mol. The average Bonchev–Trinajstić information content (AvgIpc) is 3.33. The van der Waals surface area contributed by atoms with Crippen LogP contribution in [-0.2, 0) is 4.79 Å². The van der Waals surface area contributed by atoms with Crippen LogP contribution >= 0.6 is 11.5 Å². The lowest BCUT2D eigenvalue weighted by molar-refractivity contribution is -0.123. The van der Waals surface area contributed by atoms with Crippen LogP contribution in [0.2, 0.25) is 0 Å². The Bertz CT molecular complexity index is 1360. The van der Waals surface area contributed by atoms with Crippen LogP contribution in [0.3, 0.4) is 0 Å². The maximum Gasteiger partial charge on any atom is 0.273 e. The fourth-order valence-electron chi connectivity index (χ4n) is 4.69. The van der Waals surface area contributed by atoms with Crippen molar-refractivity contribution in [2.24, 2.45) is 5.73 Å². The highest BCUT2D eigenvalue weighted by atomic mass is 32.1. The number of hydrogen-bond donors (Lipinski definition) is 3. The van der Waals surface area contributed by atoms with E-state index in [2.05, 4.69) is 9.69 Å². The fraction of sp³-hybridized carbons (Fsp3) is 0.333. The van der Waals surface area contributed by atoms with Crippen molar-refractivity contribution in [1.82, 2.24) is 9.69 Å². The first-order valence-corrected chi connectivity index (χ1v) is 13.2. The quantitative estimate of drug-likeness (QED) is 0.363. The molecule has 206 valence electrons. The third kappa shape index (κ3) is 5.95. The number of carbonyl (C=O) groups is 3. The zero-order chi connectivity index (χ0) is 28.1. The molecule has 10 nitrogen and oxygen atoms in total. The minimum atomic E-state index is -1.22. The molecule has 1 heterocycles. The van der Waals surface area contributed by atoms with Gasteiger partial charge in [-0.15, -0.1) is 0 Å². The number of ether oxygens (including phenoxy) is 2. The van der Waals surface area contributed by atoms with Crippen LogP contribution < -0.4 is 31.2 Å². The van der Waals surface area contributed by atoms with Gasteiger partial charge in [-0.2, -0.15) is 4.37 Å². The molecule has 0 spiro atoms. The molecule has 1 aliphatic carbocycles. The van der Waals surface area contributed by atoms with Gasteiger partial charge in [0.1, 0.15) is 16.7 Å². The molecule has 2 aromatic carbocycles. The van der Waals surface area contributed by atoms with E-state index in [9.17, 15) is 18.8 Å². The summed E-state index contributed by atoms with van der Waals surface area (Å²) in [6.45, 7) is 0. The molecule has 1 aliphatic rings. The van der Waals surface area contributed by atoms with Gasteiger partial charge in [0.15, 0.2) is 17.2 Å². The lowest BCUT2D eigenvalue weighted by Gasteiger charge is -2.33. The smallest absolute Gasteiger partial charge is 0.273 e.